The van der Waals surface area contributed by atoms with E-state index < -0.39 is 0 Å². The summed E-state index contributed by atoms with van der Waals surface area (Å²) in [6.07, 6.45) is 11.9. The Hall–Kier alpha value is -1.93. The van der Waals surface area contributed by atoms with Gasteiger partial charge in [0.15, 0.2) is 0 Å². The predicted molar refractivity (Wildman–Crippen MR) is 134 cm³/mol. The van der Waals surface area contributed by atoms with Crippen LogP contribution >= 0.6 is 23.4 Å². The Morgan fingerprint density at radius 3 is 2.76 bits per heavy atom. The molecule has 1 aliphatic heterocycles. The van der Waals surface area contributed by atoms with E-state index in [4.69, 9.17) is 16.3 Å². The van der Waals surface area contributed by atoms with E-state index in [0.29, 0.717) is 5.02 Å². The van der Waals surface area contributed by atoms with E-state index in [0.717, 1.165) is 84.7 Å². The minimum absolute atomic E-state index is 0.00154. The van der Waals surface area contributed by atoms with Crippen LogP contribution in [0, 0.1) is 5.41 Å². The Balaban J connectivity index is 1.30. The fourth-order valence-corrected chi connectivity index (χ4v) is 5.68. The molecule has 0 saturated carbocycles. The van der Waals surface area contributed by atoms with E-state index in [9.17, 15) is 5.11 Å². The summed E-state index contributed by atoms with van der Waals surface area (Å²) in [4.78, 5) is 15.4. The van der Waals surface area contributed by atoms with Gasteiger partial charge in [-0.2, -0.15) is 0 Å². The molecule has 2 aromatic heterocycles. The number of likely N-dealkylation sites (tertiary alicyclic amines) is 1. The van der Waals surface area contributed by atoms with Crippen molar-refractivity contribution in [2.45, 2.75) is 37.1 Å². The maximum atomic E-state index is 10.3. The van der Waals surface area contributed by atoms with E-state index in [2.05, 4.69) is 19.9 Å². The molecule has 0 radical (unpaired) electrons. The van der Waals surface area contributed by atoms with Gasteiger partial charge >= 0.3 is 0 Å². The zero-order valence-electron chi connectivity index (χ0n) is 19.0. The van der Waals surface area contributed by atoms with Crippen molar-refractivity contribution in [2.24, 2.45) is 5.41 Å². The minimum atomic E-state index is 0.00154. The SMILES string of the molecule is COc1ccc2ncc(Cl)c(CCCC3(CO)CCN(CCSc4cnccn4)CC3)c2c1. The van der Waals surface area contributed by atoms with Gasteiger partial charge in [0.25, 0.3) is 0 Å². The number of aryl methyl sites for hydroxylation is 1. The number of ether oxygens (including phenoxy) is 1. The molecule has 0 aliphatic carbocycles. The van der Waals surface area contributed by atoms with Gasteiger partial charge in [-0.1, -0.05) is 11.6 Å². The zero-order chi connectivity index (χ0) is 23.1. The minimum Gasteiger partial charge on any atom is -0.497 e. The molecule has 176 valence electrons. The molecule has 1 aliphatic rings. The second-order valence-electron chi connectivity index (χ2n) is 8.71. The number of thioether (sulfide) groups is 1. The first-order chi connectivity index (χ1) is 16.1. The van der Waals surface area contributed by atoms with Crippen LogP contribution in [-0.4, -0.2) is 64.1 Å². The standard InChI is InChI=1S/C25H31ClN4O2S/c1-32-19-4-5-23-21(15-19)20(22(26)16-29-23)3-2-6-25(18-31)7-11-30(12-8-25)13-14-33-24-17-27-9-10-28-24/h4-5,9-10,15-17,31H,2-3,6-8,11-14,18H2,1H3. The number of pyridine rings is 1. The number of fused-ring (bicyclic) bond motifs is 1. The van der Waals surface area contributed by atoms with Crippen LogP contribution in [-0.2, 0) is 6.42 Å². The normalized spacial score (nSPS) is 16.2. The molecule has 3 heterocycles. The fourth-order valence-electron chi connectivity index (χ4n) is 4.60. The lowest BCUT2D eigenvalue weighted by Crippen LogP contribution is -2.42. The molecule has 0 amide bonds. The smallest absolute Gasteiger partial charge is 0.119 e. The summed E-state index contributed by atoms with van der Waals surface area (Å²) in [5.74, 6) is 1.81. The highest BCUT2D eigenvalue weighted by Crippen LogP contribution is 2.37. The molecule has 1 fully saturated rings. The third-order valence-corrected chi connectivity index (χ3v) is 7.94. The summed E-state index contributed by atoms with van der Waals surface area (Å²) in [6, 6.07) is 5.91. The summed E-state index contributed by atoms with van der Waals surface area (Å²) >= 11 is 8.28. The van der Waals surface area contributed by atoms with Crippen molar-refractivity contribution >= 4 is 34.3 Å². The lowest BCUT2D eigenvalue weighted by molar-refractivity contribution is 0.0378. The van der Waals surface area contributed by atoms with E-state index in [1.807, 2.05) is 24.4 Å². The topological polar surface area (TPSA) is 71.4 Å². The van der Waals surface area contributed by atoms with Crippen molar-refractivity contribution in [3.05, 3.63) is 53.6 Å². The molecule has 0 atom stereocenters. The van der Waals surface area contributed by atoms with Gasteiger partial charge in [-0.3, -0.25) is 9.97 Å². The van der Waals surface area contributed by atoms with Crippen molar-refractivity contribution in [3.63, 3.8) is 0 Å². The van der Waals surface area contributed by atoms with E-state index in [1.165, 1.54) is 0 Å². The Morgan fingerprint density at radius 1 is 1.18 bits per heavy atom. The quantitative estimate of drug-likeness (QED) is 0.409. The van der Waals surface area contributed by atoms with Crippen molar-refractivity contribution in [3.8, 4) is 5.75 Å². The molecule has 0 spiro atoms. The number of hydrogen-bond acceptors (Lipinski definition) is 7. The summed E-state index contributed by atoms with van der Waals surface area (Å²) in [5.41, 5.74) is 2.05. The first kappa shape index (κ1) is 24.2. The third-order valence-electron chi connectivity index (χ3n) is 6.72. The summed E-state index contributed by atoms with van der Waals surface area (Å²) in [5, 5.41) is 13.0. The molecular formula is C25H31ClN4O2S. The molecule has 6 nitrogen and oxygen atoms in total. The van der Waals surface area contributed by atoms with Gasteiger partial charge in [-0.25, -0.2) is 4.98 Å². The van der Waals surface area contributed by atoms with Crippen LogP contribution in [0.25, 0.3) is 10.9 Å². The number of aliphatic hydroxyl groups is 1. The average Bonchev–Trinajstić information content (AvgIpc) is 2.86. The van der Waals surface area contributed by atoms with Crippen LogP contribution in [0.15, 0.2) is 48.0 Å². The van der Waals surface area contributed by atoms with Gasteiger partial charge in [-0.05, 0) is 74.4 Å². The van der Waals surface area contributed by atoms with Crippen LogP contribution in [0.1, 0.15) is 31.2 Å². The number of aromatic nitrogens is 3. The second kappa shape index (κ2) is 11.5. The number of halogens is 1. The van der Waals surface area contributed by atoms with Crippen LogP contribution < -0.4 is 4.74 Å². The maximum absolute atomic E-state index is 10.3. The van der Waals surface area contributed by atoms with Gasteiger partial charge in [0.2, 0.25) is 0 Å². The molecule has 1 aromatic carbocycles. The first-order valence-electron chi connectivity index (χ1n) is 11.5. The van der Waals surface area contributed by atoms with Crippen LogP contribution in [0.2, 0.25) is 5.02 Å². The van der Waals surface area contributed by atoms with Gasteiger partial charge < -0.3 is 14.7 Å². The number of piperidine rings is 1. The largest absolute Gasteiger partial charge is 0.497 e. The van der Waals surface area contributed by atoms with Gasteiger partial charge in [0, 0.05) is 42.9 Å². The highest BCUT2D eigenvalue weighted by Gasteiger charge is 2.33. The van der Waals surface area contributed by atoms with E-state index in [1.54, 1.807) is 37.5 Å². The Labute approximate surface area is 204 Å². The van der Waals surface area contributed by atoms with Crippen molar-refractivity contribution in [1.29, 1.82) is 0 Å². The molecule has 1 N–H and O–H groups in total. The maximum Gasteiger partial charge on any atom is 0.119 e. The fraction of sp³-hybridized carbons (Fsp3) is 0.480. The van der Waals surface area contributed by atoms with Crippen molar-refractivity contribution < 1.29 is 9.84 Å². The molecule has 1 saturated heterocycles. The van der Waals surface area contributed by atoms with E-state index >= 15 is 0 Å². The summed E-state index contributed by atoms with van der Waals surface area (Å²) < 4.78 is 5.40. The molecule has 8 heteroatoms. The van der Waals surface area contributed by atoms with Crippen molar-refractivity contribution in [1.82, 2.24) is 19.9 Å². The Kier molecular flexibility index (Phi) is 8.41. The molecule has 3 aromatic rings. The van der Waals surface area contributed by atoms with Crippen LogP contribution in [0.3, 0.4) is 0 Å². The van der Waals surface area contributed by atoms with Crippen molar-refractivity contribution in [2.75, 3.05) is 39.1 Å². The number of methoxy groups -OCH3 is 1. The molecule has 0 bridgehead atoms. The molecule has 33 heavy (non-hydrogen) atoms. The van der Waals surface area contributed by atoms with E-state index in [-0.39, 0.29) is 12.0 Å². The number of hydrogen-bond donors (Lipinski definition) is 1. The van der Waals surface area contributed by atoms with Gasteiger partial charge in [0.1, 0.15) is 10.8 Å². The van der Waals surface area contributed by atoms with Gasteiger partial charge in [-0.15, -0.1) is 11.8 Å². The first-order valence-corrected chi connectivity index (χ1v) is 12.8. The number of aliphatic hydroxyl groups excluding tert-OH is 1. The second-order valence-corrected chi connectivity index (χ2v) is 10.2. The molecule has 0 unspecified atom stereocenters. The number of benzene rings is 1. The average molecular weight is 487 g/mol. The number of rotatable bonds is 10. The van der Waals surface area contributed by atoms with Crippen LogP contribution in [0.5, 0.6) is 5.75 Å². The molecular weight excluding hydrogens is 456 g/mol. The lowest BCUT2D eigenvalue weighted by Gasteiger charge is -2.41. The highest BCUT2D eigenvalue weighted by atomic mass is 35.5. The Morgan fingerprint density at radius 2 is 2.03 bits per heavy atom. The summed E-state index contributed by atoms with van der Waals surface area (Å²) in [6.45, 7) is 3.33. The predicted octanol–water partition coefficient (Wildman–Crippen LogP) is 4.88. The monoisotopic (exact) mass is 486 g/mol. The zero-order valence-corrected chi connectivity index (χ0v) is 20.6. The number of nitrogens with zero attached hydrogens (tertiary/aromatic N) is 4. The molecule has 4 rings (SSSR count). The Bertz CT molecular complexity index is 1050. The van der Waals surface area contributed by atoms with Crippen LogP contribution in [0.4, 0.5) is 0 Å². The highest BCUT2D eigenvalue weighted by molar-refractivity contribution is 7.99. The summed E-state index contributed by atoms with van der Waals surface area (Å²) in [7, 11) is 1.67. The lowest BCUT2D eigenvalue weighted by atomic mass is 9.75. The third kappa shape index (κ3) is 6.15. The van der Waals surface area contributed by atoms with Gasteiger partial charge in [0.05, 0.1) is 23.8 Å².